The van der Waals surface area contributed by atoms with E-state index in [0.29, 0.717) is 36.8 Å². The molecule has 1 aliphatic rings. The highest BCUT2D eigenvalue weighted by molar-refractivity contribution is 6.03. The van der Waals surface area contributed by atoms with E-state index >= 15 is 0 Å². The van der Waals surface area contributed by atoms with Crippen LogP contribution in [0.2, 0.25) is 0 Å². The molecule has 28 heavy (non-hydrogen) atoms. The lowest BCUT2D eigenvalue weighted by molar-refractivity contribution is -0.117. The van der Waals surface area contributed by atoms with E-state index in [4.69, 9.17) is 0 Å². The molecule has 1 heterocycles. The van der Waals surface area contributed by atoms with E-state index in [0.717, 1.165) is 18.5 Å². The summed E-state index contributed by atoms with van der Waals surface area (Å²) in [4.78, 5) is 27.5. The maximum Gasteiger partial charge on any atom is 0.259 e. The molecular weight excluding hydrogens is 352 g/mol. The predicted octanol–water partition coefficient (Wildman–Crippen LogP) is 4.26. The smallest absolute Gasteiger partial charge is 0.259 e. The van der Waals surface area contributed by atoms with Crippen LogP contribution in [-0.2, 0) is 4.79 Å². The fourth-order valence-corrected chi connectivity index (χ4v) is 3.91. The topological polar surface area (TPSA) is 67.2 Å². The number of hydrogen-bond donors (Lipinski definition) is 1. The summed E-state index contributed by atoms with van der Waals surface area (Å²) in [6, 6.07) is 9.58. The molecule has 6 nitrogen and oxygen atoms in total. The number of aromatic nitrogens is 2. The molecule has 0 radical (unpaired) electrons. The first-order chi connectivity index (χ1) is 13.6. The zero-order valence-electron chi connectivity index (χ0n) is 16.9. The summed E-state index contributed by atoms with van der Waals surface area (Å²) in [5.41, 5.74) is 1.25. The molecule has 1 N–H and O–H groups in total. The first-order valence-electron chi connectivity index (χ1n) is 10.4. The van der Waals surface area contributed by atoms with Crippen LogP contribution in [0.5, 0.6) is 0 Å². The molecule has 0 unspecified atom stereocenters. The van der Waals surface area contributed by atoms with Crippen LogP contribution in [0.4, 0.5) is 5.82 Å². The maximum absolute atomic E-state index is 13.0. The molecule has 2 aromatic rings. The van der Waals surface area contributed by atoms with E-state index in [2.05, 4.69) is 10.4 Å². The fraction of sp³-hybridized carbons (Fsp3) is 0.500. The van der Waals surface area contributed by atoms with Crippen LogP contribution in [0.25, 0.3) is 5.69 Å². The van der Waals surface area contributed by atoms with Crippen molar-refractivity contribution in [1.82, 2.24) is 14.7 Å². The lowest BCUT2D eigenvalue weighted by atomic mass is 9.87. The molecule has 1 aromatic heterocycles. The van der Waals surface area contributed by atoms with Gasteiger partial charge in [0.1, 0.15) is 11.4 Å². The number of carbonyl (C=O) groups excluding carboxylic acids is 2. The summed E-state index contributed by atoms with van der Waals surface area (Å²) in [5.74, 6) is 0.742. The Morgan fingerprint density at radius 2 is 1.79 bits per heavy atom. The van der Waals surface area contributed by atoms with Crippen molar-refractivity contribution >= 4 is 17.6 Å². The van der Waals surface area contributed by atoms with Gasteiger partial charge in [-0.2, -0.15) is 5.10 Å². The molecule has 0 bridgehead atoms. The zero-order valence-corrected chi connectivity index (χ0v) is 16.9. The summed E-state index contributed by atoms with van der Waals surface area (Å²) >= 11 is 0. The van der Waals surface area contributed by atoms with Crippen molar-refractivity contribution in [2.75, 3.05) is 18.4 Å². The molecule has 0 aliphatic heterocycles. The molecule has 1 saturated carbocycles. The highest BCUT2D eigenvalue weighted by atomic mass is 16.2. The van der Waals surface area contributed by atoms with Gasteiger partial charge in [0.25, 0.3) is 5.91 Å². The number of anilines is 1. The van der Waals surface area contributed by atoms with Crippen LogP contribution >= 0.6 is 0 Å². The number of nitrogens with one attached hydrogen (secondary N) is 1. The molecule has 3 rings (SSSR count). The third-order valence-electron chi connectivity index (χ3n) is 5.51. The quantitative estimate of drug-likeness (QED) is 0.778. The van der Waals surface area contributed by atoms with Crippen molar-refractivity contribution in [2.24, 2.45) is 5.92 Å². The number of carbonyl (C=O) groups is 2. The standard InChI is InChI=1S/C22H30N4O2/c1-3-25(4-2)22(28)19-16-23-26(18-13-9-6-10-14-18)21(19)24-20(27)15-17-11-7-5-8-12-17/h6,9-10,13-14,16-17H,3-5,7-8,11-12,15H2,1-2H3,(H,24,27). The van der Waals surface area contributed by atoms with E-state index in [9.17, 15) is 9.59 Å². The summed E-state index contributed by atoms with van der Waals surface area (Å²) in [5, 5.41) is 7.42. The van der Waals surface area contributed by atoms with Crippen LogP contribution in [0.1, 0.15) is 62.7 Å². The Labute approximate surface area is 166 Å². The van der Waals surface area contributed by atoms with Crippen molar-refractivity contribution in [1.29, 1.82) is 0 Å². The van der Waals surface area contributed by atoms with Gasteiger partial charge in [0.2, 0.25) is 5.91 Å². The predicted molar refractivity (Wildman–Crippen MR) is 111 cm³/mol. The molecule has 6 heteroatoms. The molecule has 1 aromatic carbocycles. The lowest BCUT2D eigenvalue weighted by Gasteiger charge is -2.22. The van der Waals surface area contributed by atoms with Crippen molar-refractivity contribution in [3.63, 3.8) is 0 Å². The van der Waals surface area contributed by atoms with Gasteiger partial charge in [-0.05, 0) is 44.7 Å². The molecule has 0 atom stereocenters. The molecule has 150 valence electrons. The number of rotatable bonds is 7. The summed E-state index contributed by atoms with van der Waals surface area (Å²) in [6.45, 7) is 5.12. The number of benzene rings is 1. The zero-order chi connectivity index (χ0) is 19.9. The van der Waals surface area contributed by atoms with Crippen LogP contribution in [0.15, 0.2) is 36.5 Å². The first kappa shape index (κ1) is 20.1. The average Bonchev–Trinajstić information content (AvgIpc) is 3.13. The van der Waals surface area contributed by atoms with Crippen molar-refractivity contribution in [3.05, 3.63) is 42.1 Å². The van der Waals surface area contributed by atoms with Crippen LogP contribution in [0, 0.1) is 5.92 Å². The number of amides is 2. The Kier molecular flexibility index (Phi) is 6.85. The van der Waals surface area contributed by atoms with Gasteiger partial charge in [-0.15, -0.1) is 0 Å². The average molecular weight is 383 g/mol. The fourth-order valence-electron chi connectivity index (χ4n) is 3.91. The highest BCUT2D eigenvalue weighted by Gasteiger charge is 2.24. The number of hydrogen-bond acceptors (Lipinski definition) is 3. The SMILES string of the molecule is CCN(CC)C(=O)c1cnn(-c2ccccc2)c1NC(=O)CC1CCCCC1. The van der Waals surface area contributed by atoms with Gasteiger partial charge in [-0.25, -0.2) is 4.68 Å². The number of para-hydroxylation sites is 1. The van der Waals surface area contributed by atoms with E-state index in [-0.39, 0.29) is 11.8 Å². The second-order valence-electron chi connectivity index (χ2n) is 7.39. The van der Waals surface area contributed by atoms with Gasteiger partial charge in [-0.1, -0.05) is 37.5 Å². The molecule has 1 aliphatic carbocycles. The third-order valence-corrected chi connectivity index (χ3v) is 5.51. The second kappa shape index (κ2) is 9.53. The lowest BCUT2D eigenvalue weighted by Crippen LogP contribution is -2.31. The van der Waals surface area contributed by atoms with Crippen LogP contribution in [-0.4, -0.2) is 39.6 Å². The third kappa shape index (κ3) is 4.61. The second-order valence-corrected chi connectivity index (χ2v) is 7.39. The van der Waals surface area contributed by atoms with Gasteiger partial charge in [0.15, 0.2) is 0 Å². The Bertz CT molecular complexity index is 790. The van der Waals surface area contributed by atoms with E-state index in [1.807, 2.05) is 44.2 Å². The Hall–Kier alpha value is -2.63. The largest absolute Gasteiger partial charge is 0.339 e. The van der Waals surface area contributed by atoms with Gasteiger partial charge < -0.3 is 10.2 Å². The van der Waals surface area contributed by atoms with Gasteiger partial charge in [-0.3, -0.25) is 9.59 Å². The molecule has 1 fully saturated rings. The number of nitrogens with zero attached hydrogens (tertiary/aromatic N) is 3. The molecule has 0 saturated heterocycles. The minimum absolute atomic E-state index is 0.0434. The highest BCUT2D eigenvalue weighted by Crippen LogP contribution is 2.28. The first-order valence-corrected chi connectivity index (χ1v) is 10.4. The van der Waals surface area contributed by atoms with Crippen molar-refractivity contribution < 1.29 is 9.59 Å². The summed E-state index contributed by atoms with van der Waals surface area (Å²) < 4.78 is 1.65. The van der Waals surface area contributed by atoms with Crippen molar-refractivity contribution in [3.8, 4) is 5.69 Å². The molecule has 0 spiro atoms. The van der Waals surface area contributed by atoms with Crippen molar-refractivity contribution in [2.45, 2.75) is 52.4 Å². The van der Waals surface area contributed by atoms with Crippen LogP contribution < -0.4 is 5.32 Å². The normalized spacial score (nSPS) is 14.6. The van der Waals surface area contributed by atoms with E-state index in [1.54, 1.807) is 15.8 Å². The Morgan fingerprint density at radius 3 is 2.43 bits per heavy atom. The summed E-state index contributed by atoms with van der Waals surface area (Å²) in [6.07, 6.45) is 7.94. The van der Waals surface area contributed by atoms with Crippen LogP contribution in [0.3, 0.4) is 0 Å². The van der Waals surface area contributed by atoms with Gasteiger partial charge in [0.05, 0.1) is 11.9 Å². The van der Waals surface area contributed by atoms with Gasteiger partial charge in [0, 0.05) is 19.5 Å². The monoisotopic (exact) mass is 382 g/mol. The Balaban J connectivity index is 1.88. The van der Waals surface area contributed by atoms with E-state index < -0.39 is 0 Å². The van der Waals surface area contributed by atoms with E-state index in [1.165, 1.54) is 19.3 Å². The minimum Gasteiger partial charge on any atom is -0.339 e. The Morgan fingerprint density at radius 1 is 1.11 bits per heavy atom. The summed E-state index contributed by atoms with van der Waals surface area (Å²) in [7, 11) is 0. The molecule has 2 amide bonds. The minimum atomic E-state index is -0.111. The molecular formula is C22H30N4O2. The maximum atomic E-state index is 13.0. The van der Waals surface area contributed by atoms with Gasteiger partial charge >= 0.3 is 0 Å².